The van der Waals surface area contributed by atoms with Gasteiger partial charge in [-0.2, -0.15) is 0 Å². The lowest BCUT2D eigenvalue weighted by atomic mass is 10.1. The highest BCUT2D eigenvalue weighted by Gasteiger charge is 2.14. The highest BCUT2D eigenvalue weighted by atomic mass is 15.2. The second kappa shape index (κ2) is 8.43. The summed E-state index contributed by atoms with van der Waals surface area (Å²) in [7, 11) is 0. The number of likely N-dealkylation sites (tertiary alicyclic amines) is 1. The van der Waals surface area contributed by atoms with Gasteiger partial charge in [-0.15, -0.1) is 0 Å². The van der Waals surface area contributed by atoms with Gasteiger partial charge in [0.15, 0.2) is 0 Å². The fraction of sp³-hybridized carbons (Fsp3) is 0.667. The molecule has 1 aromatic carbocycles. The van der Waals surface area contributed by atoms with Crippen molar-refractivity contribution >= 4 is 0 Å². The molecule has 0 amide bonds. The summed E-state index contributed by atoms with van der Waals surface area (Å²) >= 11 is 0. The summed E-state index contributed by atoms with van der Waals surface area (Å²) in [4.78, 5) is 2.62. The highest BCUT2D eigenvalue weighted by molar-refractivity contribution is 5.14. The number of hydrogen-bond donors (Lipinski definition) is 1. The first-order valence-electron chi connectivity index (χ1n) is 8.26. The average Bonchev–Trinajstić information content (AvgIpc) is 2.47. The van der Waals surface area contributed by atoms with Gasteiger partial charge in [-0.1, -0.05) is 36.8 Å². The van der Waals surface area contributed by atoms with Gasteiger partial charge in [-0.3, -0.25) is 0 Å². The smallest absolute Gasteiger partial charge is 0.0169 e. The maximum atomic E-state index is 3.76. The predicted molar refractivity (Wildman–Crippen MR) is 87.1 cm³/mol. The van der Waals surface area contributed by atoms with Crippen LogP contribution in [0, 0.1) is 0 Å². The van der Waals surface area contributed by atoms with Crippen LogP contribution >= 0.6 is 0 Å². The minimum atomic E-state index is 0.593. The summed E-state index contributed by atoms with van der Waals surface area (Å²) in [5.41, 5.74) is 1.45. The fourth-order valence-corrected chi connectivity index (χ4v) is 3.18. The minimum Gasteiger partial charge on any atom is -0.310 e. The number of nitrogens with zero attached hydrogens (tertiary/aromatic N) is 1. The Morgan fingerprint density at radius 3 is 2.40 bits per heavy atom. The second-order valence-corrected chi connectivity index (χ2v) is 6.35. The summed E-state index contributed by atoms with van der Waals surface area (Å²) in [6.45, 7) is 8.44. The van der Waals surface area contributed by atoms with E-state index >= 15 is 0 Å². The summed E-state index contributed by atoms with van der Waals surface area (Å²) in [5, 5.41) is 3.76. The lowest BCUT2D eigenvalue weighted by Gasteiger charge is -2.30. The molecule has 0 aliphatic carbocycles. The maximum absolute atomic E-state index is 3.76. The van der Waals surface area contributed by atoms with Gasteiger partial charge in [0.05, 0.1) is 0 Å². The van der Waals surface area contributed by atoms with Crippen molar-refractivity contribution in [2.75, 3.05) is 19.6 Å². The molecule has 2 unspecified atom stereocenters. The first-order valence-corrected chi connectivity index (χ1v) is 8.26. The Labute approximate surface area is 124 Å². The van der Waals surface area contributed by atoms with Crippen molar-refractivity contribution in [2.45, 2.75) is 58.0 Å². The average molecular weight is 274 g/mol. The van der Waals surface area contributed by atoms with E-state index in [1.54, 1.807) is 0 Å². The number of nitrogens with one attached hydrogen (secondary N) is 1. The van der Waals surface area contributed by atoms with E-state index in [1.807, 2.05) is 0 Å². The topological polar surface area (TPSA) is 15.3 Å². The highest BCUT2D eigenvalue weighted by Crippen LogP contribution is 2.10. The molecule has 20 heavy (non-hydrogen) atoms. The van der Waals surface area contributed by atoms with Crippen LogP contribution in [0.2, 0.25) is 0 Å². The molecule has 1 aliphatic heterocycles. The van der Waals surface area contributed by atoms with E-state index in [0.717, 1.165) is 0 Å². The summed E-state index contributed by atoms with van der Waals surface area (Å²) in [6.07, 6.45) is 6.58. The molecule has 2 nitrogen and oxygen atoms in total. The minimum absolute atomic E-state index is 0.593. The predicted octanol–water partition coefficient (Wildman–Crippen LogP) is 3.47. The van der Waals surface area contributed by atoms with E-state index in [9.17, 15) is 0 Å². The Hall–Kier alpha value is -0.860. The molecule has 1 fully saturated rings. The number of hydrogen-bond acceptors (Lipinski definition) is 2. The molecule has 1 N–H and O–H groups in total. The number of rotatable bonds is 7. The Morgan fingerprint density at radius 1 is 1.00 bits per heavy atom. The summed E-state index contributed by atoms with van der Waals surface area (Å²) in [5.74, 6) is 0. The molecule has 2 rings (SSSR count). The van der Waals surface area contributed by atoms with Gasteiger partial charge in [-0.05, 0) is 58.2 Å². The molecule has 1 aliphatic rings. The maximum Gasteiger partial charge on any atom is 0.0169 e. The van der Waals surface area contributed by atoms with Crippen LogP contribution in [0.3, 0.4) is 0 Å². The molecule has 0 spiro atoms. The standard InChI is InChI=1S/C18H30N2/c1-16(11-12-18-9-5-3-6-10-18)19-17(2)15-20-13-7-4-8-14-20/h3,5-6,9-10,16-17,19H,4,7-8,11-15H2,1-2H3. The van der Waals surface area contributed by atoms with Crippen LogP contribution in [0.25, 0.3) is 0 Å². The van der Waals surface area contributed by atoms with Crippen molar-refractivity contribution in [1.29, 1.82) is 0 Å². The second-order valence-electron chi connectivity index (χ2n) is 6.35. The number of aryl methyl sites for hydroxylation is 1. The van der Waals surface area contributed by atoms with Gasteiger partial charge in [0.25, 0.3) is 0 Å². The lowest BCUT2D eigenvalue weighted by Crippen LogP contribution is -2.44. The molecule has 0 aromatic heterocycles. The van der Waals surface area contributed by atoms with Crippen molar-refractivity contribution in [1.82, 2.24) is 10.2 Å². The number of piperidine rings is 1. The van der Waals surface area contributed by atoms with Gasteiger partial charge in [0.1, 0.15) is 0 Å². The van der Waals surface area contributed by atoms with Crippen LogP contribution in [-0.4, -0.2) is 36.6 Å². The molecule has 2 heteroatoms. The summed E-state index contributed by atoms with van der Waals surface area (Å²) < 4.78 is 0. The van der Waals surface area contributed by atoms with E-state index in [0.29, 0.717) is 12.1 Å². The zero-order valence-electron chi connectivity index (χ0n) is 13.1. The lowest BCUT2D eigenvalue weighted by molar-refractivity contribution is 0.204. The van der Waals surface area contributed by atoms with E-state index in [2.05, 4.69) is 54.4 Å². The Balaban J connectivity index is 1.64. The van der Waals surface area contributed by atoms with Crippen molar-refractivity contribution in [3.05, 3.63) is 35.9 Å². The third-order valence-electron chi connectivity index (χ3n) is 4.26. The molecule has 112 valence electrons. The van der Waals surface area contributed by atoms with E-state index < -0.39 is 0 Å². The zero-order valence-corrected chi connectivity index (χ0v) is 13.1. The quantitative estimate of drug-likeness (QED) is 0.819. The first-order chi connectivity index (χ1) is 9.74. The van der Waals surface area contributed by atoms with Gasteiger partial charge in [0, 0.05) is 18.6 Å². The third kappa shape index (κ3) is 5.64. The van der Waals surface area contributed by atoms with Gasteiger partial charge in [0.2, 0.25) is 0 Å². The van der Waals surface area contributed by atoms with E-state index in [4.69, 9.17) is 0 Å². The third-order valence-corrected chi connectivity index (χ3v) is 4.26. The zero-order chi connectivity index (χ0) is 14.2. The molecule has 0 radical (unpaired) electrons. The van der Waals surface area contributed by atoms with E-state index in [-0.39, 0.29) is 0 Å². The van der Waals surface area contributed by atoms with Crippen LogP contribution in [0.5, 0.6) is 0 Å². The largest absolute Gasteiger partial charge is 0.310 e. The Kier molecular flexibility index (Phi) is 6.55. The van der Waals surface area contributed by atoms with Crippen LogP contribution in [0.1, 0.15) is 45.1 Å². The SMILES string of the molecule is CC(CCc1ccccc1)NC(C)CN1CCCCC1. The van der Waals surface area contributed by atoms with Crippen LogP contribution in [0.4, 0.5) is 0 Å². The normalized spacial score (nSPS) is 19.7. The Bertz CT molecular complexity index is 357. The van der Waals surface area contributed by atoms with Gasteiger partial charge < -0.3 is 10.2 Å². The molecular formula is C18H30N2. The van der Waals surface area contributed by atoms with Gasteiger partial charge in [-0.25, -0.2) is 0 Å². The molecule has 1 heterocycles. The fourth-order valence-electron chi connectivity index (χ4n) is 3.18. The van der Waals surface area contributed by atoms with Crippen LogP contribution < -0.4 is 5.32 Å². The van der Waals surface area contributed by atoms with E-state index in [1.165, 1.54) is 57.3 Å². The first kappa shape index (κ1) is 15.5. The number of benzene rings is 1. The Morgan fingerprint density at radius 2 is 1.70 bits per heavy atom. The van der Waals surface area contributed by atoms with Gasteiger partial charge >= 0.3 is 0 Å². The molecule has 0 saturated carbocycles. The van der Waals surface area contributed by atoms with Crippen LogP contribution in [0.15, 0.2) is 30.3 Å². The molecular weight excluding hydrogens is 244 g/mol. The monoisotopic (exact) mass is 274 g/mol. The van der Waals surface area contributed by atoms with Crippen molar-refractivity contribution < 1.29 is 0 Å². The van der Waals surface area contributed by atoms with Crippen molar-refractivity contribution in [3.63, 3.8) is 0 Å². The van der Waals surface area contributed by atoms with Crippen molar-refractivity contribution in [2.24, 2.45) is 0 Å². The van der Waals surface area contributed by atoms with Crippen molar-refractivity contribution in [3.8, 4) is 0 Å². The molecule has 2 atom stereocenters. The molecule has 1 saturated heterocycles. The van der Waals surface area contributed by atoms with Crippen LogP contribution in [-0.2, 0) is 6.42 Å². The molecule has 0 bridgehead atoms. The molecule has 1 aromatic rings. The summed E-state index contributed by atoms with van der Waals surface area (Å²) in [6, 6.07) is 12.0.